The molecule has 0 radical (unpaired) electrons. The van der Waals surface area contributed by atoms with Crippen LogP contribution in [0.5, 0.6) is 0 Å². The van der Waals surface area contributed by atoms with Crippen LogP contribution >= 0.6 is 11.6 Å². The smallest absolute Gasteiger partial charge is 0.383 e. The van der Waals surface area contributed by atoms with E-state index < -0.39 is 13.2 Å². The molecule has 0 aliphatic rings. The first kappa shape index (κ1) is 20.6. The highest BCUT2D eigenvalue weighted by Gasteiger charge is 2.39. The van der Waals surface area contributed by atoms with E-state index in [1.54, 1.807) is 4.57 Å². The molecule has 0 bridgehead atoms. The van der Waals surface area contributed by atoms with Gasteiger partial charge in [0.05, 0.1) is 6.10 Å². The van der Waals surface area contributed by atoms with Gasteiger partial charge >= 0.3 is 11.1 Å². The van der Waals surface area contributed by atoms with Crippen LogP contribution in [-0.4, -0.2) is 22.8 Å². The highest BCUT2D eigenvalue weighted by atomic mass is 35.5. The minimum atomic E-state index is -1.98. The number of nitro groups is 1. The number of imidazole rings is 1. The third-order valence-electron chi connectivity index (χ3n) is 4.95. The summed E-state index contributed by atoms with van der Waals surface area (Å²) >= 11 is 6.04. The number of aryl methyl sites for hydroxylation is 1. The Morgan fingerprint density at radius 1 is 1.31 bits per heavy atom. The van der Waals surface area contributed by atoms with E-state index in [9.17, 15) is 10.1 Å². The Morgan fingerprint density at radius 3 is 2.42 bits per heavy atom. The largest absolute Gasteiger partial charge is 0.410 e. The molecule has 142 valence electrons. The molecule has 0 N–H and O–H groups in total. The van der Waals surface area contributed by atoms with Crippen molar-refractivity contribution in [2.24, 2.45) is 0 Å². The third-order valence-corrected chi connectivity index (χ3v) is 9.74. The average Bonchev–Trinajstić information content (AvgIpc) is 2.92. The Kier molecular flexibility index (Phi) is 6.26. The van der Waals surface area contributed by atoms with Crippen LogP contribution in [-0.2, 0) is 11.0 Å². The maximum atomic E-state index is 10.9. The summed E-state index contributed by atoms with van der Waals surface area (Å²) in [7, 11) is -1.98. The van der Waals surface area contributed by atoms with Crippen LogP contribution in [0.4, 0.5) is 5.82 Å². The molecule has 0 amide bonds. The van der Waals surface area contributed by atoms with E-state index in [1.165, 1.54) is 6.20 Å². The topological polar surface area (TPSA) is 70.2 Å². The minimum absolute atomic E-state index is 0.0888. The molecule has 0 fully saturated rings. The van der Waals surface area contributed by atoms with Gasteiger partial charge in [0.1, 0.15) is 6.20 Å². The van der Waals surface area contributed by atoms with Gasteiger partial charge in [-0.25, -0.2) is 0 Å². The van der Waals surface area contributed by atoms with Gasteiger partial charge in [-0.3, -0.25) is 4.57 Å². The molecule has 0 saturated carbocycles. The molecule has 1 aromatic heterocycles. The normalized spacial score (nSPS) is 13.6. The summed E-state index contributed by atoms with van der Waals surface area (Å²) in [6.07, 6.45) is 1.93. The molecule has 1 heterocycles. The second-order valence-corrected chi connectivity index (χ2v) is 13.0. The van der Waals surface area contributed by atoms with Crippen LogP contribution in [0.15, 0.2) is 36.5 Å². The maximum Gasteiger partial charge on any atom is 0.383 e. The lowest BCUT2D eigenvalue weighted by Gasteiger charge is -2.39. The van der Waals surface area contributed by atoms with Gasteiger partial charge in [-0.05, 0) is 51.6 Å². The van der Waals surface area contributed by atoms with E-state index in [0.29, 0.717) is 13.0 Å². The predicted molar refractivity (Wildman–Crippen MR) is 106 cm³/mol. The Balaban J connectivity index is 2.21. The number of hydrogen-bond donors (Lipinski definition) is 0. The van der Waals surface area contributed by atoms with E-state index in [1.807, 2.05) is 18.2 Å². The van der Waals surface area contributed by atoms with Crippen molar-refractivity contribution >= 4 is 25.7 Å². The first-order chi connectivity index (χ1) is 12.0. The molecule has 2 aromatic rings. The highest BCUT2D eigenvalue weighted by molar-refractivity contribution is 6.74. The summed E-state index contributed by atoms with van der Waals surface area (Å²) in [5, 5.41) is 11.1. The first-order valence-electron chi connectivity index (χ1n) is 8.61. The second kappa shape index (κ2) is 7.90. The summed E-state index contributed by atoms with van der Waals surface area (Å²) in [4.78, 5) is 14.1. The van der Waals surface area contributed by atoms with Crippen molar-refractivity contribution < 1.29 is 9.35 Å². The average molecular weight is 396 g/mol. The molecule has 1 unspecified atom stereocenters. The molecule has 2 rings (SSSR count). The van der Waals surface area contributed by atoms with Crippen LogP contribution in [0, 0.1) is 10.1 Å². The molecule has 0 spiro atoms. The van der Waals surface area contributed by atoms with Crippen molar-refractivity contribution in [1.29, 1.82) is 0 Å². The fourth-order valence-corrected chi connectivity index (χ4v) is 3.91. The number of nitrogens with zero attached hydrogens (tertiary/aromatic N) is 3. The van der Waals surface area contributed by atoms with Gasteiger partial charge in [-0.15, -0.1) is 0 Å². The molecule has 0 saturated heterocycles. The summed E-state index contributed by atoms with van der Waals surface area (Å²) < 4.78 is 8.23. The fourth-order valence-electron chi connectivity index (χ4n) is 2.38. The third kappa shape index (κ3) is 4.93. The van der Waals surface area contributed by atoms with Gasteiger partial charge in [0.25, 0.3) is 0 Å². The minimum Gasteiger partial charge on any atom is -0.410 e. The molecule has 0 aliphatic heterocycles. The Hall–Kier alpha value is -1.70. The van der Waals surface area contributed by atoms with Gasteiger partial charge in [0.2, 0.25) is 0 Å². The van der Waals surface area contributed by atoms with Crippen LogP contribution in [0.2, 0.25) is 23.4 Å². The Morgan fingerprint density at radius 2 is 1.92 bits per heavy atom. The van der Waals surface area contributed by atoms with Gasteiger partial charge < -0.3 is 14.5 Å². The van der Waals surface area contributed by atoms with Gasteiger partial charge in [0.15, 0.2) is 8.32 Å². The van der Waals surface area contributed by atoms with Crippen LogP contribution < -0.4 is 0 Å². The van der Waals surface area contributed by atoms with Crippen LogP contribution in [0.3, 0.4) is 0 Å². The van der Waals surface area contributed by atoms with E-state index in [4.69, 9.17) is 16.0 Å². The zero-order valence-corrected chi connectivity index (χ0v) is 17.7. The Bertz CT molecular complexity index is 757. The van der Waals surface area contributed by atoms with Crippen molar-refractivity contribution in [3.05, 3.63) is 57.5 Å². The highest BCUT2D eigenvalue weighted by Crippen LogP contribution is 2.40. The van der Waals surface area contributed by atoms with Crippen LogP contribution in [0.25, 0.3) is 0 Å². The number of hydrogen-bond acceptors (Lipinski definition) is 4. The summed E-state index contributed by atoms with van der Waals surface area (Å²) in [5.74, 6) is -0.239. The van der Waals surface area contributed by atoms with Gasteiger partial charge in [-0.2, -0.15) is 0 Å². The first-order valence-corrected chi connectivity index (χ1v) is 11.9. The number of halogens is 1. The zero-order valence-electron chi connectivity index (χ0n) is 15.9. The van der Waals surface area contributed by atoms with Gasteiger partial charge in [-0.1, -0.05) is 51.1 Å². The standard InChI is InChI=1S/C18H26ClN3O3Si/c1-18(2,3)26(4,5)25-15(14-9-7-6-8-10-14)11-12-21-13-16(22(23)24)20-17(21)19/h6-10,13,15H,11-12H2,1-5H3. The van der Waals surface area contributed by atoms with E-state index in [2.05, 4.69) is 51.0 Å². The second-order valence-electron chi connectivity index (χ2n) is 7.88. The van der Waals surface area contributed by atoms with E-state index >= 15 is 0 Å². The SMILES string of the molecule is CC(C)(C)[Si](C)(C)OC(CCn1cc([N+](=O)[O-])nc1Cl)c1ccccc1. The van der Waals surface area contributed by atoms with Crippen molar-refractivity contribution in [3.63, 3.8) is 0 Å². The van der Waals surface area contributed by atoms with Crippen molar-refractivity contribution in [3.8, 4) is 0 Å². The lowest BCUT2D eigenvalue weighted by molar-refractivity contribution is -0.389. The molecule has 8 heteroatoms. The molecule has 26 heavy (non-hydrogen) atoms. The Labute approximate surface area is 160 Å². The summed E-state index contributed by atoms with van der Waals surface area (Å²) in [5.41, 5.74) is 1.10. The number of aromatic nitrogens is 2. The molecule has 1 atom stereocenters. The predicted octanol–water partition coefficient (Wildman–Crippen LogP) is 5.60. The van der Waals surface area contributed by atoms with E-state index in [-0.39, 0.29) is 22.2 Å². The lowest BCUT2D eigenvalue weighted by atomic mass is 10.1. The van der Waals surface area contributed by atoms with Crippen molar-refractivity contribution in [2.75, 3.05) is 0 Å². The van der Waals surface area contributed by atoms with Crippen LogP contribution in [0.1, 0.15) is 38.9 Å². The van der Waals surface area contributed by atoms with E-state index in [0.717, 1.165) is 5.56 Å². The fraction of sp³-hybridized carbons (Fsp3) is 0.500. The number of benzene rings is 1. The van der Waals surface area contributed by atoms with Crippen molar-refractivity contribution in [2.45, 2.75) is 58.0 Å². The molecule has 6 nitrogen and oxygen atoms in total. The molecule has 0 aliphatic carbocycles. The van der Waals surface area contributed by atoms with Crippen molar-refractivity contribution in [1.82, 2.24) is 9.55 Å². The molecule has 1 aromatic carbocycles. The maximum absolute atomic E-state index is 10.9. The number of rotatable bonds is 7. The summed E-state index contributed by atoms with van der Waals surface area (Å²) in [6, 6.07) is 10.1. The lowest BCUT2D eigenvalue weighted by Crippen LogP contribution is -2.42. The monoisotopic (exact) mass is 395 g/mol. The molecular formula is C18H26ClN3O3Si. The molecular weight excluding hydrogens is 370 g/mol. The summed E-state index contributed by atoms with van der Waals surface area (Å²) in [6.45, 7) is 11.6. The zero-order chi connectivity index (χ0) is 19.5. The van der Waals surface area contributed by atoms with Gasteiger partial charge in [0, 0.05) is 6.54 Å². The quantitative estimate of drug-likeness (QED) is 0.347.